The Kier molecular flexibility index (Phi) is 3.76. The molecule has 0 aromatic carbocycles. The van der Waals surface area contributed by atoms with Crippen molar-refractivity contribution in [2.45, 2.75) is 26.9 Å². The SMILES string of the molecule is CCOC(=O)c1cnn(Cc2nccn2CC)c1. The number of carbonyl (C=O) groups is 1. The highest BCUT2D eigenvalue weighted by atomic mass is 16.5. The van der Waals surface area contributed by atoms with E-state index in [1.165, 1.54) is 6.20 Å². The molecule has 18 heavy (non-hydrogen) atoms. The molecule has 0 fully saturated rings. The van der Waals surface area contributed by atoms with Gasteiger partial charge in [-0.05, 0) is 13.8 Å². The Balaban J connectivity index is 2.09. The fraction of sp³-hybridized carbons (Fsp3) is 0.417. The number of carbonyl (C=O) groups excluding carboxylic acids is 1. The summed E-state index contributed by atoms with van der Waals surface area (Å²) >= 11 is 0. The van der Waals surface area contributed by atoms with E-state index in [-0.39, 0.29) is 5.97 Å². The van der Waals surface area contributed by atoms with Crippen LogP contribution in [0.4, 0.5) is 0 Å². The smallest absolute Gasteiger partial charge is 0.341 e. The summed E-state index contributed by atoms with van der Waals surface area (Å²) in [5.74, 6) is 0.568. The highest BCUT2D eigenvalue weighted by molar-refractivity contribution is 5.88. The van der Waals surface area contributed by atoms with Gasteiger partial charge in [0.2, 0.25) is 0 Å². The van der Waals surface area contributed by atoms with E-state index in [0.29, 0.717) is 18.7 Å². The highest BCUT2D eigenvalue weighted by Crippen LogP contribution is 2.04. The highest BCUT2D eigenvalue weighted by Gasteiger charge is 2.10. The van der Waals surface area contributed by atoms with Gasteiger partial charge in [0.15, 0.2) is 0 Å². The van der Waals surface area contributed by atoms with Crippen molar-refractivity contribution >= 4 is 5.97 Å². The van der Waals surface area contributed by atoms with E-state index in [0.717, 1.165) is 12.4 Å². The lowest BCUT2D eigenvalue weighted by Crippen LogP contribution is -2.08. The van der Waals surface area contributed by atoms with Crippen molar-refractivity contribution in [2.24, 2.45) is 0 Å². The third kappa shape index (κ3) is 2.58. The van der Waals surface area contributed by atoms with Gasteiger partial charge in [-0.3, -0.25) is 4.68 Å². The van der Waals surface area contributed by atoms with Crippen LogP contribution >= 0.6 is 0 Å². The number of nitrogens with zero attached hydrogens (tertiary/aromatic N) is 4. The monoisotopic (exact) mass is 248 g/mol. The van der Waals surface area contributed by atoms with Crippen LogP contribution in [-0.2, 0) is 17.8 Å². The van der Waals surface area contributed by atoms with Gasteiger partial charge < -0.3 is 9.30 Å². The van der Waals surface area contributed by atoms with Crippen molar-refractivity contribution in [1.82, 2.24) is 19.3 Å². The predicted octanol–water partition coefficient (Wildman–Crippen LogP) is 1.32. The minimum Gasteiger partial charge on any atom is -0.462 e. The Morgan fingerprint density at radius 1 is 1.44 bits per heavy atom. The zero-order chi connectivity index (χ0) is 13.0. The molecule has 6 heteroatoms. The second-order valence-electron chi connectivity index (χ2n) is 3.78. The molecule has 0 unspecified atom stereocenters. The summed E-state index contributed by atoms with van der Waals surface area (Å²) < 4.78 is 8.62. The van der Waals surface area contributed by atoms with Gasteiger partial charge in [0.05, 0.1) is 24.9 Å². The van der Waals surface area contributed by atoms with Crippen molar-refractivity contribution in [3.05, 3.63) is 36.2 Å². The molecule has 0 spiro atoms. The minimum absolute atomic E-state index is 0.345. The lowest BCUT2D eigenvalue weighted by Gasteiger charge is -2.04. The van der Waals surface area contributed by atoms with Gasteiger partial charge in [0.25, 0.3) is 0 Å². The fourth-order valence-corrected chi connectivity index (χ4v) is 1.69. The van der Waals surface area contributed by atoms with Gasteiger partial charge >= 0.3 is 5.97 Å². The number of rotatable bonds is 5. The average molecular weight is 248 g/mol. The second-order valence-corrected chi connectivity index (χ2v) is 3.78. The zero-order valence-corrected chi connectivity index (χ0v) is 10.5. The molecule has 0 aliphatic carbocycles. The Hall–Kier alpha value is -2.11. The van der Waals surface area contributed by atoms with E-state index in [9.17, 15) is 4.79 Å². The molecule has 2 rings (SSSR count). The van der Waals surface area contributed by atoms with Gasteiger partial charge in [0, 0.05) is 25.1 Å². The average Bonchev–Trinajstić information content (AvgIpc) is 2.99. The van der Waals surface area contributed by atoms with Crippen LogP contribution in [0.3, 0.4) is 0 Å². The standard InChI is InChI=1S/C12H16N4O2/c1-3-15-6-5-13-11(15)9-16-8-10(7-14-16)12(17)18-4-2/h5-8H,3-4,9H2,1-2H3. The van der Waals surface area contributed by atoms with Crippen molar-refractivity contribution in [3.63, 3.8) is 0 Å². The summed E-state index contributed by atoms with van der Waals surface area (Å²) in [6.07, 6.45) is 6.86. The lowest BCUT2D eigenvalue weighted by molar-refractivity contribution is 0.0526. The van der Waals surface area contributed by atoms with Crippen molar-refractivity contribution in [3.8, 4) is 0 Å². The molecular weight excluding hydrogens is 232 g/mol. The number of hydrogen-bond acceptors (Lipinski definition) is 4. The van der Waals surface area contributed by atoms with E-state index in [2.05, 4.69) is 17.0 Å². The van der Waals surface area contributed by atoms with Crippen LogP contribution in [0.5, 0.6) is 0 Å². The molecular formula is C12H16N4O2. The first-order chi connectivity index (χ1) is 8.74. The van der Waals surface area contributed by atoms with E-state index >= 15 is 0 Å². The van der Waals surface area contributed by atoms with Crippen LogP contribution in [0.25, 0.3) is 0 Å². The van der Waals surface area contributed by atoms with Gasteiger partial charge in [-0.25, -0.2) is 9.78 Å². The van der Waals surface area contributed by atoms with Crippen LogP contribution in [-0.4, -0.2) is 31.9 Å². The Bertz CT molecular complexity index is 530. The molecule has 0 bridgehead atoms. The number of hydrogen-bond donors (Lipinski definition) is 0. The summed E-state index contributed by atoms with van der Waals surface area (Å²) in [4.78, 5) is 15.7. The number of esters is 1. The molecule has 0 saturated heterocycles. The fourth-order valence-electron chi connectivity index (χ4n) is 1.69. The first-order valence-electron chi connectivity index (χ1n) is 5.94. The maximum atomic E-state index is 11.5. The number of aryl methyl sites for hydroxylation is 1. The van der Waals surface area contributed by atoms with Crippen LogP contribution in [0.1, 0.15) is 30.0 Å². The molecule has 0 aliphatic rings. The molecule has 0 aliphatic heterocycles. The predicted molar refractivity (Wildman–Crippen MR) is 65.2 cm³/mol. The van der Waals surface area contributed by atoms with Crippen LogP contribution in [0, 0.1) is 0 Å². The molecule has 2 aromatic heterocycles. The van der Waals surface area contributed by atoms with Gasteiger partial charge in [0.1, 0.15) is 5.82 Å². The van der Waals surface area contributed by atoms with Gasteiger partial charge in [-0.15, -0.1) is 0 Å². The molecule has 96 valence electrons. The van der Waals surface area contributed by atoms with E-state index in [1.807, 2.05) is 10.8 Å². The maximum absolute atomic E-state index is 11.5. The molecule has 0 saturated carbocycles. The first kappa shape index (κ1) is 12.3. The molecule has 0 radical (unpaired) electrons. The maximum Gasteiger partial charge on any atom is 0.341 e. The minimum atomic E-state index is -0.345. The molecule has 6 nitrogen and oxygen atoms in total. The Morgan fingerprint density at radius 2 is 2.28 bits per heavy atom. The molecule has 2 heterocycles. The normalized spacial score (nSPS) is 10.6. The zero-order valence-electron chi connectivity index (χ0n) is 10.5. The third-order valence-corrected chi connectivity index (χ3v) is 2.59. The number of imidazole rings is 1. The molecule has 0 atom stereocenters. The van der Waals surface area contributed by atoms with Crippen LogP contribution in [0.2, 0.25) is 0 Å². The molecule has 0 amide bonds. The molecule has 0 N–H and O–H groups in total. The summed E-state index contributed by atoms with van der Waals surface area (Å²) in [6, 6.07) is 0. The topological polar surface area (TPSA) is 61.9 Å². The summed E-state index contributed by atoms with van der Waals surface area (Å²) in [6.45, 7) is 5.60. The van der Waals surface area contributed by atoms with E-state index in [4.69, 9.17) is 4.74 Å². The molecule has 2 aromatic rings. The summed E-state index contributed by atoms with van der Waals surface area (Å²) in [5, 5.41) is 4.13. The quantitative estimate of drug-likeness (QED) is 0.749. The Labute approximate surface area is 105 Å². The summed E-state index contributed by atoms with van der Waals surface area (Å²) in [7, 11) is 0. The summed E-state index contributed by atoms with van der Waals surface area (Å²) in [5.41, 5.74) is 0.464. The van der Waals surface area contributed by atoms with Crippen LogP contribution in [0.15, 0.2) is 24.8 Å². The van der Waals surface area contributed by atoms with E-state index in [1.54, 1.807) is 24.0 Å². The van der Waals surface area contributed by atoms with E-state index < -0.39 is 0 Å². The van der Waals surface area contributed by atoms with Crippen molar-refractivity contribution in [2.75, 3.05) is 6.61 Å². The van der Waals surface area contributed by atoms with Gasteiger partial charge in [-0.2, -0.15) is 5.10 Å². The number of ether oxygens (including phenoxy) is 1. The Morgan fingerprint density at radius 3 is 3.00 bits per heavy atom. The van der Waals surface area contributed by atoms with Crippen molar-refractivity contribution < 1.29 is 9.53 Å². The third-order valence-electron chi connectivity index (χ3n) is 2.59. The van der Waals surface area contributed by atoms with Crippen molar-refractivity contribution in [1.29, 1.82) is 0 Å². The first-order valence-corrected chi connectivity index (χ1v) is 5.94. The number of aromatic nitrogens is 4. The second kappa shape index (κ2) is 5.48. The van der Waals surface area contributed by atoms with Crippen LogP contribution < -0.4 is 0 Å². The largest absolute Gasteiger partial charge is 0.462 e. The lowest BCUT2D eigenvalue weighted by atomic mass is 10.4. The van der Waals surface area contributed by atoms with Gasteiger partial charge in [-0.1, -0.05) is 0 Å².